The van der Waals surface area contributed by atoms with Crippen molar-refractivity contribution in [1.29, 1.82) is 0 Å². The Labute approximate surface area is 128 Å². The zero-order valence-corrected chi connectivity index (χ0v) is 14.4. The maximum Gasteiger partial charge on any atom is 0.325 e. The van der Waals surface area contributed by atoms with Crippen LogP contribution in [0.1, 0.15) is 59.3 Å². The third-order valence-corrected chi connectivity index (χ3v) is 5.58. The highest BCUT2D eigenvalue weighted by Crippen LogP contribution is 2.33. The van der Waals surface area contributed by atoms with Gasteiger partial charge in [-0.25, -0.2) is 0 Å². The molecule has 1 rings (SSSR count). The summed E-state index contributed by atoms with van der Waals surface area (Å²) < 4.78 is 4.96. The fourth-order valence-electron chi connectivity index (χ4n) is 2.85. The highest BCUT2D eigenvalue weighted by molar-refractivity contribution is 7.99. The first-order chi connectivity index (χ1) is 9.51. The van der Waals surface area contributed by atoms with Gasteiger partial charge in [-0.3, -0.25) is 4.79 Å². The normalized spacial score (nSPS) is 26.0. The molecular formula is C16H31NO2S. The van der Waals surface area contributed by atoms with Crippen LogP contribution in [0.3, 0.4) is 0 Å². The first-order valence-corrected chi connectivity index (χ1v) is 9.01. The molecule has 1 N–H and O–H groups in total. The van der Waals surface area contributed by atoms with Crippen LogP contribution in [0.4, 0.5) is 0 Å². The van der Waals surface area contributed by atoms with Crippen LogP contribution in [0.5, 0.6) is 0 Å². The molecule has 0 heterocycles. The Morgan fingerprint density at radius 1 is 1.45 bits per heavy atom. The molecule has 3 atom stereocenters. The predicted molar refractivity (Wildman–Crippen MR) is 87.2 cm³/mol. The average Bonchev–Trinajstić information content (AvgIpc) is 2.44. The van der Waals surface area contributed by atoms with Crippen molar-refractivity contribution in [3.05, 3.63) is 0 Å². The van der Waals surface area contributed by atoms with E-state index in [1.165, 1.54) is 32.8 Å². The monoisotopic (exact) mass is 301 g/mol. The fourth-order valence-corrected chi connectivity index (χ4v) is 4.51. The Hall–Kier alpha value is -0.220. The maximum absolute atomic E-state index is 12.0. The maximum atomic E-state index is 12.0. The Bertz CT molecular complexity index is 298. The number of nitrogens with one attached hydrogen (secondary N) is 1. The lowest BCUT2D eigenvalue weighted by Crippen LogP contribution is -2.51. The SMILES string of the molecule is CCCNC(C)(CCSC1CCCC(C)C1)C(=O)OC. The Balaban J connectivity index is 2.39. The highest BCUT2D eigenvalue weighted by atomic mass is 32.2. The number of esters is 1. The summed E-state index contributed by atoms with van der Waals surface area (Å²) in [4.78, 5) is 12.0. The number of thioether (sulfide) groups is 1. The molecule has 0 saturated heterocycles. The van der Waals surface area contributed by atoms with Crippen LogP contribution in [-0.4, -0.2) is 36.2 Å². The van der Waals surface area contributed by atoms with Crippen LogP contribution >= 0.6 is 11.8 Å². The number of ether oxygens (including phenoxy) is 1. The molecule has 1 aliphatic carbocycles. The average molecular weight is 301 g/mol. The minimum absolute atomic E-state index is 0.136. The van der Waals surface area contributed by atoms with E-state index in [2.05, 4.69) is 19.2 Å². The minimum Gasteiger partial charge on any atom is -0.468 e. The van der Waals surface area contributed by atoms with E-state index in [9.17, 15) is 4.79 Å². The number of hydrogen-bond donors (Lipinski definition) is 1. The van der Waals surface area contributed by atoms with Crippen molar-refractivity contribution < 1.29 is 9.53 Å². The molecule has 0 aromatic heterocycles. The van der Waals surface area contributed by atoms with E-state index < -0.39 is 5.54 Å². The van der Waals surface area contributed by atoms with Gasteiger partial charge in [-0.2, -0.15) is 11.8 Å². The molecule has 1 fully saturated rings. The van der Waals surface area contributed by atoms with Gasteiger partial charge in [-0.1, -0.05) is 26.7 Å². The summed E-state index contributed by atoms with van der Waals surface area (Å²) >= 11 is 2.04. The smallest absolute Gasteiger partial charge is 0.325 e. The van der Waals surface area contributed by atoms with Gasteiger partial charge in [0.1, 0.15) is 5.54 Å². The Morgan fingerprint density at radius 2 is 2.20 bits per heavy atom. The molecule has 0 spiro atoms. The lowest BCUT2D eigenvalue weighted by molar-refractivity contribution is -0.148. The topological polar surface area (TPSA) is 38.3 Å². The lowest BCUT2D eigenvalue weighted by Gasteiger charge is -2.30. The Morgan fingerprint density at radius 3 is 2.80 bits per heavy atom. The molecule has 0 bridgehead atoms. The number of carbonyl (C=O) groups excluding carboxylic acids is 1. The van der Waals surface area contributed by atoms with Gasteiger partial charge in [-0.05, 0) is 50.8 Å². The molecular weight excluding hydrogens is 270 g/mol. The molecule has 3 nitrogen and oxygen atoms in total. The summed E-state index contributed by atoms with van der Waals surface area (Å²) in [6.45, 7) is 7.30. The van der Waals surface area contributed by atoms with E-state index in [4.69, 9.17) is 4.74 Å². The van der Waals surface area contributed by atoms with Crippen LogP contribution in [0.2, 0.25) is 0 Å². The third-order valence-electron chi connectivity index (χ3n) is 4.24. The molecule has 0 radical (unpaired) electrons. The first-order valence-electron chi connectivity index (χ1n) is 7.97. The lowest BCUT2D eigenvalue weighted by atomic mass is 9.91. The summed E-state index contributed by atoms with van der Waals surface area (Å²) in [6.07, 6.45) is 7.29. The second-order valence-electron chi connectivity index (χ2n) is 6.27. The van der Waals surface area contributed by atoms with E-state index in [1.807, 2.05) is 18.7 Å². The number of carbonyl (C=O) groups is 1. The highest BCUT2D eigenvalue weighted by Gasteiger charge is 2.33. The quantitative estimate of drug-likeness (QED) is 0.695. The molecule has 1 aliphatic rings. The van der Waals surface area contributed by atoms with Crippen LogP contribution in [0, 0.1) is 5.92 Å². The van der Waals surface area contributed by atoms with Crippen LogP contribution < -0.4 is 5.32 Å². The molecule has 0 amide bonds. The van der Waals surface area contributed by atoms with Gasteiger partial charge in [0.15, 0.2) is 0 Å². The van der Waals surface area contributed by atoms with Crippen molar-refractivity contribution in [3.8, 4) is 0 Å². The van der Waals surface area contributed by atoms with Crippen LogP contribution in [0.25, 0.3) is 0 Å². The van der Waals surface area contributed by atoms with Gasteiger partial charge < -0.3 is 10.1 Å². The molecule has 0 aromatic carbocycles. The van der Waals surface area contributed by atoms with E-state index in [1.54, 1.807) is 0 Å². The fraction of sp³-hybridized carbons (Fsp3) is 0.938. The molecule has 0 aliphatic heterocycles. The number of rotatable bonds is 8. The molecule has 20 heavy (non-hydrogen) atoms. The molecule has 118 valence electrons. The molecule has 0 aromatic rings. The summed E-state index contributed by atoms with van der Waals surface area (Å²) in [5.74, 6) is 1.76. The van der Waals surface area contributed by atoms with Crippen molar-refractivity contribution in [3.63, 3.8) is 0 Å². The standard InChI is InChI=1S/C16H31NO2S/c1-5-10-17-16(3,15(18)19-4)9-11-20-14-8-6-7-13(2)12-14/h13-14,17H,5-12H2,1-4H3. The van der Waals surface area contributed by atoms with Crippen molar-refractivity contribution in [1.82, 2.24) is 5.32 Å². The zero-order valence-electron chi connectivity index (χ0n) is 13.5. The second-order valence-corrected chi connectivity index (χ2v) is 7.67. The van der Waals surface area contributed by atoms with Gasteiger partial charge >= 0.3 is 5.97 Å². The van der Waals surface area contributed by atoms with E-state index >= 15 is 0 Å². The van der Waals surface area contributed by atoms with Crippen molar-refractivity contribution in [2.75, 3.05) is 19.4 Å². The summed E-state index contributed by atoms with van der Waals surface area (Å²) in [5.41, 5.74) is -0.530. The Kier molecular flexibility index (Phi) is 7.96. The van der Waals surface area contributed by atoms with Crippen LogP contribution in [-0.2, 0) is 9.53 Å². The summed E-state index contributed by atoms with van der Waals surface area (Å²) in [6, 6.07) is 0. The molecule has 4 heteroatoms. The number of hydrogen-bond acceptors (Lipinski definition) is 4. The zero-order chi connectivity index (χ0) is 15.0. The van der Waals surface area contributed by atoms with Gasteiger partial charge in [-0.15, -0.1) is 0 Å². The van der Waals surface area contributed by atoms with E-state index in [0.29, 0.717) is 0 Å². The predicted octanol–water partition coefficient (Wildman–Crippen LogP) is 3.62. The molecule has 3 unspecified atom stereocenters. The number of methoxy groups -OCH3 is 1. The first kappa shape index (κ1) is 17.8. The molecule has 1 saturated carbocycles. The largest absolute Gasteiger partial charge is 0.468 e. The van der Waals surface area contributed by atoms with Gasteiger partial charge in [0.05, 0.1) is 7.11 Å². The van der Waals surface area contributed by atoms with Gasteiger partial charge in [0.2, 0.25) is 0 Å². The minimum atomic E-state index is -0.530. The van der Waals surface area contributed by atoms with Gasteiger partial charge in [0, 0.05) is 5.25 Å². The van der Waals surface area contributed by atoms with E-state index in [-0.39, 0.29) is 5.97 Å². The van der Waals surface area contributed by atoms with Crippen molar-refractivity contribution in [2.24, 2.45) is 5.92 Å². The van der Waals surface area contributed by atoms with Crippen LogP contribution in [0.15, 0.2) is 0 Å². The van der Waals surface area contributed by atoms with Crippen molar-refractivity contribution in [2.45, 2.75) is 70.1 Å². The second kappa shape index (κ2) is 8.93. The van der Waals surface area contributed by atoms with Crippen molar-refractivity contribution >= 4 is 17.7 Å². The van der Waals surface area contributed by atoms with E-state index in [0.717, 1.165) is 36.3 Å². The third kappa shape index (κ3) is 5.65. The van der Waals surface area contributed by atoms with Gasteiger partial charge in [0.25, 0.3) is 0 Å². The summed E-state index contributed by atoms with van der Waals surface area (Å²) in [5, 5.41) is 4.14. The summed E-state index contributed by atoms with van der Waals surface area (Å²) in [7, 11) is 1.48.